The first-order valence-corrected chi connectivity index (χ1v) is 5.99. The molecule has 2 aromatic heterocycles. The molecule has 0 spiro atoms. The van der Waals surface area contributed by atoms with Crippen LogP contribution >= 0.6 is 11.6 Å². The molecule has 5 nitrogen and oxygen atoms in total. The number of nitrogens with zero attached hydrogens (tertiary/aromatic N) is 3. The molecule has 2 heterocycles. The second kappa shape index (κ2) is 4.70. The Bertz CT molecular complexity index is 739. The minimum Gasteiger partial charge on any atom is -0.382 e. The van der Waals surface area contributed by atoms with Crippen LogP contribution in [0.15, 0.2) is 43.0 Å². The molecule has 1 aromatic carbocycles. The summed E-state index contributed by atoms with van der Waals surface area (Å²) in [5.74, 6) is 0.725. The minimum atomic E-state index is 0.248. The summed E-state index contributed by atoms with van der Waals surface area (Å²) < 4.78 is 0. The van der Waals surface area contributed by atoms with Gasteiger partial charge >= 0.3 is 0 Å². The number of hydrogen-bond acceptors (Lipinski definition) is 5. The first kappa shape index (κ1) is 11.7. The van der Waals surface area contributed by atoms with Crippen molar-refractivity contribution in [3.8, 4) is 0 Å². The molecule has 0 saturated carbocycles. The largest absolute Gasteiger partial charge is 0.382 e. The zero-order chi connectivity index (χ0) is 13.2. The lowest BCUT2D eigenvalue weighted by atomic mass is 10.1. The highest BCUT2D eigenvalue weighted by molar-refractivity contribution is 6.35. The van der Waals surface area contributed by atoms with E-state index in [1.54, 1.807) is 12.4 Å². The minimum absolute atomic E-state index is 0.248. The van der Waals surface area contributed by atoms with Gasteiger partial charge in [-0.05, 0) is 17.5 Å². The van der Waals surface area contributed by atoms with Gasteiger partial charge < -0.3 is 11.1 Å². The number of nitrogens with one attached hydrogen (secondary N) is 1. The van der Waals surface area contributed by atoms with E-state index in [0.29, 0.717) is 10.8 Å². The first-order valence-electron chi connectivity index (χ1n) is 5.61. The molecular weight excluding hydrogens is 262 g/mol. The molecule has 0 saturated heterocycles. The Morgan fingerprint density at radius 3 is 2.95 bits per heavy atom. The van der Waals surface area contributed by atoms with Crippen LogP contribution in [0.4, 0.5) is 17.3 Å². The van der Waals surface area contributed by atoms with E-state index in [1.165, 1.54) is 6.33 Å². The summed E-state index contributed by atoms with van der Waals surface area (Å²) in [6, 6.07) is 7.83. The van der Waals surface area contributed by atoms with E-state index in [0.717, 1.165) is 16.5 Å². The van der Waals surface area contributed by atoms with Gasteiger partial charge in [0.05, 0.1) is 0 Å². The van der Waals surface area contributed by atoms with Crippen LogP contribution in [0, 0.1) is 0 Å². The van der Waals surface area contributed by atoms with Gasteiger partial charge in [-0.2, -0.15) is 0 Å². The topological polar surface area (TPSA) is 76.7 Å². The van der Waals surface area contributed by atoms with Crippen molar-refractivity contribution in [3.63, 3.8) is 0 Å². The molecular formula is C13H10ClN5. The number of nitrogen functional groups attached to an aromatic ring is 1. The SMILES string of the molecule is Nc1ncnc(Nc2cccc3ccncc23)c1Cl. The van der Waals surface area contributed by atoms with E-state index in [4.69, 9.17) is 17.3 Å². The number of fused-ring (bicyclic) bond motifs is 1. The van der Waals surface area contributed by atoms with Crippen molar-refractivity contribution in [1.82, 2.24) is 15.0 Å². The van der Waals surface area contributed by atoms with E-state index < -0.39 is 0 Å². The van der Waals surface area contributed by atoms with Crippen molar-refractivity contribution in [1.29, 1.82) is 0 Å². The van der Waals surface area contributed by atoms with Crippen LogP contribution < -0.4 is 11.1 Å². The van der Waals surface area contributed by atoms with E-state index in [2.05, 4.69) is 20.3 Å². The van der Waals surface area contributed by atoms with Crippen molar-refractivity contribution in [3.05, 3.63) is 48.0 Å². The van der Waals surface area contributed by atoms with E-state index in [1.807, 2.05) is 24.3 Å². The number of nitrogens with two attached hydrogens (primary N) is 1. The van der Waals surface area contributed by atoms with E-state index >= 15 is 0 Å². The maximum Gasteiger partial charge on any atom is 0.154 e. The highest BCUT2D eigenvalue weighted by atomic mass is 35.5. The van der Waals surface area contributed by atoms with Gasteiger partial charge in [-0.3, -0.25) is 4.98 Å². The summed E-state index contributed by atoms with van der Waals surface area (Å²) in [5.41, 5.74) is 6.52. The normalized spacial score (nSPS) is 10.6. The Morgan fingerprint density at radius 1 is 1.16 bits per heavy atom. The lowest BCUT2D eigenvalue weighted by Crippen LogP contribution is -2.00. The molecule has 0 aliphatic rings. The molecule has 0 radical (unpaired) electrons. The summed E-state index contributed by atoms with van der Waals surface area (Å²) >= 11 is 6.07. The summed E-state index contributed by atoms with van der Waals surface area (Å²) in [5, 5.41) is 5.53. The number of hydrogen-bond donors (Lipinski definition) is 2. The summed E-state index contributed by atoms with van der Waals surface area (Å²) in [6.07, 6.45) is 4.91. The van der Waals surface area contributed by atoms with Gasteiger partial charge in [0.25, 0.3) is 0 Å². The Kier molecular flexibility index (Phi) is 2.89. The van der Waals surface area contributed by atoms with Crippen molar-refractivity contribution < 1.29 is 0 Å². The highest BCUT2D eigenvalue weighted by Crippen LogP contribution is 2.29. The highest BCUT2D eigenvalue weighted by Gasteiger charge is 2.08. The number of benzene rings is 1. The molecule has 3 N–H and O–H groups in total. The van der Waals surface area contributed by atoms with Crippen molar-refractivity contribution in [2.75, 3.05) is 11.1 Å². The lowest BCUT2D eigenvalue weighted by molar-refractivity contribution is 1.18. The summed E-state index contributed by atoms with van der Waals surface area (Å²) in [4.78, 5) is 12.0. The molecule has 3 rings (SSSR count). The molecule has 0 fully saturated rings. The standard InChI is InChI=1S/C13H10ClN5/c14-11-12(15)17-7-18-13(11)19-10-3-1-2-8-4-5-16-6-9(8)10/h1-7H,(H3,15,17,18,19). The van der Waals surface area contributed by atoms with Crippen LogP contribution in [0.25, 0.3) is 10.8 Å². The number of rotatable bonds is 2. The van der Waals surface area contributed by atoms with Crippen molar-refractivity contribution in [2.24, 2.45) is 0 Å². The predicted molar refractivity (Wildman–Crippen MR) is 76.5 cm³/mol. The fourth-order valence-electron chi connectivity index (χ4n) is 1.82. The summed E-state index contributed by atoms with van der Waals surface area (Å²) in [6.45, 7) is 0. The monoisotopic (exact) mass is 271 g/mol. The van der Waals surface area contributed by atoms with Gasteiger partial charge in [-0.15, -0.1) is 0 Å². The van der Waals surface area contributed by atoms with Crippen LogP contribution in [0.1, 0.15) is 0 Å². The molecule has 0 atom stereocenters. The lowest BCUT2D eigenvalue weighted by Gasteiger charge is -2.10. The van der Waals surface area contributed by atoms with Gasteiger partial charge in [0.1, 0.15) is 17.2 Å². The van der Waals surface area contributed by atoms with Gasteiger partial charge in [0.2, 0.25) is 0 Å². The van der Waals surface area contributed by atoms with Gasteiger partial charge in [0, 0.05) is 23.5 Å². The quantitative estimate of drug-likeness (QED) is 0.749. The zero-order valence-electron chi connectivity index (χ0n) is 9.84. The molecule has 94 valence electrons. The van der Waals surface area contributed by atoms with Crippen LogP contribution in [0.2, 0.25) is 5.02 Å². The second-order valence-electron chi connectivity index (χ2n) is 3.95. The number of pyridine rings is 1. The molecule has 0 aliphatic carbocycles. The summed E-state index contributed by atoms with van der Waals surface area (Å²) in [7, 11) is 0. The fourth-order valence-corrected chi connectivity index (χ4v) is 1.97. The average molecular weight is 272 g/mol. The third kappa shape index (κ3) is 2.15. The van der Waals surface area contributed by atoms with E-state index in [-0.39, 0.29) is 5.82 Å². The molecule has 3 aromatic rings. The Hall–Kier alpha value is -2.40. The second-order valence-corrected chi connectivity index (χ2v) is 4.33. The third-order valence-electron chi connectivity index (χ3n) is 2.75. The number of halogens is 1. The van der Waals surface area contributed by atoms with Gasteiger partial charge in [-0.25, -0.2) is 9.97 Å². The maximum absolute atomic E-state index is 6.07. The van der Waals surface area contributed by atoms with Crippen molar-refractivity contribution in [2.45, 2.75) is 0 Å². The Balaban J connectivity index is 2.09. The number of aromatic nitrogens is 3. The average Bonchev–Trinajstić information content (AvgIpc) is 2.44. The molecule has 0 amide bonds. The number of anilines is 3. The van der Waals surface area contributed by atoms with Crippen LogP contribution in [0.5, 0.6) is 0 Å². The van der Waals surface area contributed by atoms with Gasteiger partial charge in [0.15, 0.2) is 5.82 Å². The smallest absolute Gasteiger partial charge is 0.154 e. The molecule has 0 aliphatic heterocycles. The van der Waals surface area contributed by atoms with Crippen LogP contribution in [-0.4, -0.2) is 15.0 Å². The van der Waals surface area contributed by atoms with Crippen molar-refractivity contribution >= 4 is 39.7 Å². The molecule has 19 heavy (non-hydrogen) atoms. The van der Waals surface area contributed by atoms with Crippen LogP contribution in [-0.2, 0) is 0 Å². The molecule has 0 unspecified atom stereocenters. The maximum atomic E-state index is 6.07. The van der Waals surface area contributed by atoms with E-state index in [9.17, 15) is 0 Å². The predicted octanol–water partition coefficient (Wildman–Crippen LogP) is 3.00. The zero-order valence-corrected chi connectivity index (χ0v) is 10.6. The third-order valence-corrected chi connectivity index (χ3v) is 3.13. The van der Waals surface area contributed by atoms with Gasteiger partial charge in [-0.1, -0.05) is 23.7 Å². The Labute approximate surface area is 114 Å². The van der Waals surface area contributed by atoms with Crippen LogP contribution in [0.3, 0.4) is 0 Å². The molecule has 0 bridgehead atoms. The first-order chi connectivity index (χ1) is 9.25. The molecule has 6 heteroatoms. The Morgan fingerprint density at radius 2 is 2.05 bits per heavy atom. The fraction of sp³-hybridized carbons (Fsp3) is 0.